The molecular formula is C22H23NO4S. The summed E-state index contributed by atoms with van der Waals surface area (Å²) in [5.41, 5.74) is 1.84. The van der Waals surface area contributed by atoms with E-state index < -0.39 is 27.5 Å². The first-order valence-corrected chi connectivity index (χ1v) is 11.1. The molecule has 146 valence electrons. The molecule has 5 nitrogen and oxygen atoms in total. The Balaban J connectivity index is 1.65. The smallest absolute Gasteiger partial charge is 0.243 e. The molecule has 0 bridgehead atoms. The van der Waals surface area contributed by atoms with Crippen LogP contribution in [0.5, 0.6) is 0 Å². The molecule has 0 aromatic heterocycles. The van der Waals surface area contributed by atoms with E-state index in [0.717, 1.165) is 18.4 Å². The molecule has 28 heavy (non-hydrogen) atoms. The second-order valence-electron chi connectivity index (χ2n) is 7.77. The van der Waals surface area contributed by atoms with Gasteiger partial charge in [0.2, 0.25) is 21.6 Å². The quantitative estimate of drug-likeness (QED) is 0.743. The summed E-state index contributed by atoms with van der Waals surface area (Å²) in [7, 11) is -3.65. The Morgan fingerprint density at radius 3 is 2.36 bits per heavy atom. The van der Waals surface area contributed by atoms with Gasteiger partial charge >= 0.3 is 0 Å². The molecule has 1 aliphatic heterocycles. The molecule has 1 atom stereocenters. The zero-order valence-corrected chi connectivity index (χ0v) is 16.6. The minimum atomic E-state index is -3.65. The van der Waals surface area contributed by atoms with Crippen molar-refractivity contribution in [2.75, 3.05) is 13.1 Å². The zero-order chi connectivity index (χ0) is 19.9. The molecule has 4 rings (SSSR count). The Hall–Kier alpha value is -2.31. The van der Waals surface area contributed by atoms with E-state index in [9.17, 15) is 18.0 Å². The third-order valence-electron chi connectivity index (χ3n) is 5.85. The predicted molar refractivity (Wildman–Crippen MR) is 106 cm³/mol. The summed E-state index contributed by atoms with van der Waals surface area (Å²) in [5, 5.41) is 0. The number of hydrogen-bond donors (Lipinski definition) is 0. The van der Waals surface area contributed by atoms with Gasteiger partial charge in [0.05, 0.1) is 10.8 Å². The zero-order valence-electron chi connectivity index (χ0n) is 15.8. The van der Waals surface area contributed by atoms with E-state index in [1.54, 1.807) is 6.07 Å². The van der Waals surface area contributed by atoms with E-state index in [4.69, 9.17) is 0 Å². The fraction of sp³-hybridized carbons (Fsp3) is 0.364. The number of carbonyl (C=O) groups is 2. The second-order valence-corrected chi connectivity index (χ2v) is 9.71. The number of benzene rings is 2. The molecule has 1 saturated heterocycles. The van der Waals surface area contributed by atoms with Gasteiger partial charge in [-0.3, -0.25) is 9.59 Å². The molecule has 6 heteroatoms. The molecule has 0 amide bonds. The molecule has 1 fully saturated rings. The standard InChI is InChI=1S/C22H23NO4S/c1-15-9-11-23(12-10-15)28(26,27)17-7-8-18-19(13-16-5-3-2-4-6-16)21(24)22(25)20(18)14-17/h2-8,14-15,19H,9-13H2,1H3. The lowest BCUT2D eigenvalue weighted by molar-refractivity contribution is -0.115. The van der Waals surface area contributed by atoms with Crippen LogP contribution < -0.4 is 0 Å². The molecular weight excluding hydrogens is 374 g/mol. The Morgan fingerprint density at radius 1 is 1.00 bits per heavy atom. The minimum absolute atomic E-state index is 0.0994. The molecule has 0 radical (unpaired) electrons. The first-order chi connectivity index (χ1) is 13.4. The van der Waals surface area contributed by atoms with Crippen LogP contribution in [0, 0.1) is 5.92 Å². The number of fused-ring (bicyclic) bond motifs is 1. The molecule has 2 aromatic rings. The maximum atomic E-state index is 13.0. The number of Topliss-reactive ketones (excluding diaryl/α,β-unsaturated/α-hetero) is 2. The highest BCUT2D eigenvalue weighted by Crippen LogP contribution is 2.35. The van der Waals surface area contributed by atoms with E-state index in [0.29, 0.717) is 31.0 Å². The van der Waals surface area contributed by atoms with Gasteiger partial charge in [-0.1, -0.05) is 43.3 Å². The molecule has 0 saturated carbocycles. The van der Waals surface area contributed by atoms with Crippen molar-refractivity contribution < 1.29 is 18.0 Å². The van der Waals surface area contributed by atoms with E-state index in [-0.39, 0.29) is 10.5 Å². The molecule has 1 heterocycles. The number of ketones is 2. The molecule has 2 aliphatic rings. The van der Waals surface area contributed by atoms with Gasteiger partial charge in [0.25, 0.3) is 0 Å². The van der Waals surface area contributed by atoms with Crippen LogP contribution in [-0.4, -0.2) is 37.4 Å². The summed E-state index contributed by atoms with van der Waals surface area (Å²) in [6.07, 6.45) is 2.11. The van der Waals surface area contributed by atoms with Gasteiger partial charge in [0.1, 0.15) is 0 Å². The highest BCUT2D eigenvalue weighted by atomic mass is 32.2. The average Bonchev–Trinajstić information content (AvgIpc) is 2.94. The van der Waals surface area contributed by atoms with Crippen LogP contribution in [0.15, 0.2) is 53.4 Å². The molecule has 2 aromatic carbocycles. The third-order valence-corrected chi connectivity index (χ3v) is 7.74. The van der Waals surface area contributed by atoms with Crippen LogP contribution >= 0.6 is 0 Å². The second kappa shape index (κ2) is 7.26. The molecule has 1 unspecified atom stereocenters. The number of hydrogen-bond acceptors (Lipinski definition) is 4. The summed E-state index contributed by atoms with van der Waals surface area (Å²) in [6, 6.07) is 14.1. The van der Waals surface area contributed by atoms with Gasteiger partial charge in [0.15, 0.2) is 0 Å². The summed E-state index contributed by atoms with van der Waals surface area (Å²) in [5.74, 6) is -1.07. The van der Waals surface area contributed by atoms with Crippen molar-refractivity contribution >= 4 is 21.6 Å². The first-order valence-electron chi connectivity index (χ1n) is 9.64. The van der Waals surface area contributed by atoms with Crippen LogP contribution in [0.25, 0.3) is 0 Å². The summed E-state index contributed by atoms with van der Waals surface area (Å²) >= 11 is 0. The maximum absolute atomic E-state index is 13.0. The van der Waals surface area contributed by atoms with Crippen molar-refractivity contribution in [3.8, 4) is 0 Å². The van der Waals surface area contributed by atoms with E-state index in [2.05, 4.69) is 6.92 Å². The Kier molecular flexibility index (Phi) is 4.93. The van der Waals surface area contributed by atoms with Crippen LogP contribution in [0.3, 0.4) is 0 Å². The molecule has 0 N–H and O–H groups in total. The van der Waals surface area contributed by atoms with Crippen molar-refractivity contribution in [1.82, 2.24) is 4.31 Å². The Morgan fingerprint density at radius 2 is 1.68 bits per heavy atom. The van der Waals surface area contributed by atoms with E-state index in [1.165, 1.54) is 16.4 Å². The van der Waals surface area contributed by atoms with Crippen molar-refractivity contribution in [3.63, 3.8) is 0 Å². The van der Waals surface area contributed by atoms with E-state index in [1.807, 2.05) is 30.3 Å². The summed E-state index contributed by atoms with van der Waals surface area (Å²) < 4.78 is 27.5. The van der Waals surface area contributed by atoms with Crippen LogP contribution in [-0.2, 0) is 21.2 Å². The van der Waals surface area contributed by atoms with Crippen LogP contribution in [0.2, 0.25) is 0 Å². The van der Waals surface area contributed by atoms with Crippen molar-refractivity contribution in [2.45, 2.75) is 37.0 Å². The molecule has 0 spiro atoms. The highest BCUT2D eigenvalue weighted by molar-refractivity contribution is 7.89. The van der Waals surface area contributed by atoms with Crippen molar-refractivity contribution in [3.05, 3.63) is 65.2 Å². The van der Waals surface area contributed by atoms with Gasteiger partial charge in [-0.2, -0.15) is 4.31 Å². The predicted octanol–water partition coefficient (Wildman–Crippen LogP) is 3.20. The average molecular weight is 397 g/mol. The number of carbonyl (C=O) groups excluding carboxylic acids is 2. The number of sulfonamides is 1. The van der Waals surface area contributed by atoms with Gasteiger partial charge in [-0.15, -0.1) is 0 Å². The van der Waals surface area contributed by atoms with E-state index >= 15 is 0 Å². The maximum Gasteiger partial charge on any atom is 0.243 e. The third kappa shape index (κ3) is 3.31. The highest BCUT2D eigenvalue weighted by Gasteiger charge is 2.39. The van der Waals surface area contributed by atoms with Gasteiger partial charge < -0.3 is 0 Å². The lowest BCUT2D eigenvalue weighted by Gasteiger charge is -2.29. The normalized spacial score (nSPS) is 21.1. The van der Waals surface area contributed by atoms with Crippen molar-refractivity contribution in [2.24, 2.45) is 5.92 Å². The monoisotopic (exact) mass is 397 g/mol. The Labute approximate surface area is 165 Å². The van der Waals surface area contributed by atoms with Crippen LogP contribution in [0.1, 0.15) is 47.2 Å². The summed E-state index contributed by atoms with van der Waals surface area (Å²) in [4.78, 5) is 25.2. The number of piperidine rings is 1. The van der Waals surface area contributed by atoms with Crippen LogP contribution in [0.4, 0.5) is 0 Å². The Bertz CT molecular complexity index is 1020. The fourth-order valence-electron chi connectivity index (χ4n) is 4.06. The number of nitrogens with zero attached hydrogens (tertiary/aromatic N) is 1. The van der Waals surface area contributed by atoms with Crippen molar-refractivity contribution in [1.29, 1.82) is 0 Å². The fourth-order valence-corrected chi connectivity index (χ4v) is 5.55. The minimum Gasteiger partial charge on any atom is -0.290 e. The lowest BCUT2D eigenvalue weighted by atomic mass is 9.93. The molecule has 1 aliphatic carbocycles. The van der Waals surface area contributed by atoms with Gasteiger partial charge in [-0.05, 0) is 48.4 Å². The topological polar surface area (TPSA) is 71.5 Å². The first kappa shape index (κ1) is 19.0. The lowest BCUT2D eigenvalue weighted by Crippen LogP contribution is -2.37. The van der Waals surface area contributed by atoms with Gasteiger partial charge in [0, 0.05) is 18.7 Å². The SMILES string of the molecule is CC1CCN(S(=O)(=O)c2ccc3c(c2)C(=O)C(=O)C3Cc2ccccc2)CC1. The van der Waals surface area contributed by atoms with Gasteiger partial charge in [-0.25, -0.2) is 8.42 Å². The number of rotatable bonds is 4. The largest absolute Gasteiger partial charge is 0.290 e. The summed E-state index contributed by atoms with van der Waals surface area (Å²) in [6.45, 7) is 3.10.